The average molecular weight is 316 g/mol. The summed E-state index contributed by atoms with van der Waals surface area (Å²) >= 11 is 3.25. The number of morpholine rings is 1. The second kappa shape index (κ2) is 6.15. The third kappa shape index (κ3) is 3.68. The number of hydrogen-bond donors (Lipinski definition) is 1. The Morgan fingerprint density at radius 1 is 1.39 bits per heavy atom. The lowest BCUT2D eigenvalue weighted by molar-refractivity contribution is 0.0674. The van der Waals surface area contributed by atoms with Crippen molar-refractivity contribution in [3.8, 4) is 0 Å². The summed E-state index contributed by atoms with van der Waals surface area (Å²) in [6.45, 7) is 3.22. The average Bonchev–Trinajstić information content (AvgIpc) is 2.36. The lowest BCUT2D eigenvalue weighted by atomic mass is 10.2. The van der Waals surface area contributed by atoms with Gasteiger partial charge in [-0.2, -0.15) is 0 Å². The van der Waals surface area contributed by atoms with Crippen molar-refractivity contribution >= 4 is 21.9 Å². The van der Waals surface area contributed by atoms with Crippen LogP contribution in [0.2, 0.25) is 0 Å². The molecule has 0 amide bonds. The molecule has 0 saturated carbocycles. The molecule has 0 spiro atoms. The van der Waals surface area contributed by atoms with E-state index in [-0.39, 0.29) is 5.82 Å². The Kier molecular flexibility index (Phi) is 4.54. The highest BCUT2D eigenvalue weighted by atomic mass is 79.9. The zero-order valence-electron chi connectivity index (χ0n) is 9.90. The van der Waals surface area contributed by atoms with E-state index in [1.165, 1.54) is 12.1 Å². The van der Waals surface area contributed by atoms with Crippen LogP contribution in [0, 0.1) is 5.82 Å². The molecule has 1 aromatic carbocycles. The van der Waals surface area contributed by atoms with Crippen LogP contribution in [0.3, 0.4) is 0 Å². The molecule has 0 radical (unpaired) electrons. The quantitative estimate of drug-likeness (QED) is 0.668. The molecule has 98 valence electrons. The van der Waals surface area contributed by atoms with E-state index in [4.69, 9.17) is 10.5 Å². The van der Waals surface area contributed by atoms with E-state index < -0.39 is 0 Å². The zero-order chi connectivity index (χ0) is 13.0. The van der Waals surface area contributed by atoms with Gasteiger partial charge in [0, 0.05) is 17.6 Å². The maximum absolute atomic E-state index is 13.2. The number of aliphatic imine (C=N–C) groups is 1. The van der Waals surface area contributed by atoms with E-state index in [1.54, 1.807) is 0 Å². The van der Waals surface area contributed by atoms with Crippen molar-refractivity contribution in [2.75, 3.05) is 26.3 Å². The molecule has 1 saturated heterocycles. The van der Waals surface area contributed by atoms with Gasteiger partial charge in [-0.1, -0.05) is 15.9 Å². The summed E-state index contributed by atoms with van der Waals surface area (Å²) < 4.78 is 19.1. The van der Waals surface area contributed by atoms with Gasteiger partial charge in [-0.05, 0) is 23.8 Å². The van der Waals surface area contributed by atoms with E-state index in [1.807, 2.05) is 11.0 Å². The molecule has 1 heterocycles. The maximum atomic E-state index is 13.2. The van der Waals surface area contributed by atoms with Gasteiger partial charge in [0.1, 0.15) is 5.82 Å². The van der Waals surface area contributed by atoms with Crippen LogP contribution in [0.4, 0.5) is 4.39 Å². The van der Waals surface area contributed by atoms with Gasteiger partial charge in [0.15, 0.2) is 5.96 Å². The first-order valence-corrected chi connectivity index (χ1v) is 6.52. The normalized spacial score (nSPS) is 17.0. The summed E-state index contributed by atoms with van der Waals surface area (Å²) in [5.41, 5.74) is 6.68. The second-order valence-corrected chi connectivity index (χ2v) is 4.97. The number of ether oxygens (including phenoxy) is 1. The number of hydrogen-bond acceptors (Lipinski definition) is 2. The Hall–Kier alpha value is -1.14. The minimum atomic E-state index is -0.278. The third-order valence-electron chi connectivity index (χ3n) is 2.68. The van der Waals surface area contributed by atoms with Crippen LogP contribution in [0.25, 0.3) is 0 Å². The van der Waals surface area contributed by atoms with E-state index >= 15 is 0 Å². The van der Waals surface area contributed by atoms with Gasteiger partial charge in [-0.3, -0.25) is 0 Å². The molecule has 1 aliphatic heterocycles. The first-order chi connectivity index (χ1) is 8.65. The number of rotatable bonds is 2. The van der Waals surface area contributed by atoms with E-state index in [0.29, 0.717) is 30.2 Å². The fraction of sp³-hybridized carbons (Fsp3) is 0.417. The third-order valence-corrected chi connectivity index (χ3v) is 3.14. The van der Waals surface area contributed by atoms with Gasteiger partial charge < -0.3 is 15.4 Å². The number of nitrogens with two attached hydrogens (primary N) is 1. The molecule has 0 atom stereocenters. The minimum Gasteiger partial charge on any atom is -0.378 e. The van der Waals surface area contributed by atoms with Crippen molar-refractivity contribution in [1.82, 2.24) is 4.90 Å². The standard InChI is InChI=1S/C12H15BrFN3O/c13-10-5-9(6-11(14)7-10)8-16-12(15)17-1-3-18-4-2-17/h5-7H,1-4,8H2,(H2,15,16). The maximum Gasteiger partial charge on any atom is 0.191 e. The number of guanidine groups is 1. The highest BCUT2D eigenvalue weighted by Gasteiger charge is 2.11. The zero-order valence-corrected chi connectivity index (χ0v) is 11.5. The molecule has 0 unspecified atom stereocenters. The molecule has 2 N–H and O–H groups in total. The van der Waals surface area contributed by atoms with Crippen molar-refractivity contribution < 1.29 is 9.13 Å². The summed E-state index contributed by atoms with van der Waals surface area (Å²) in [5.74, 6) is 0.207. The Balaban J connectivity index is 2.00. The molecule has 1 aliphatic rings. The highest BCUT2D eigenvalue weighted by molar-refractivity contribution is 9.10. The summed E-state index contributed by atoms with van der Waals surface area (Å²) in [4.78, 5) is 6.25. The highest BCUT2D eigenvalue weighted by Crippen LogP contribution is 2.15. The second-order valence-electron chi connectivity index (χ2n) is 4.05. The topological polar surface area (TPSA) is 50.8 Å². The van der Waals surface area contributed by atoms with E-state index in [9.17, 15) is 4.39 Å². The van der Waals surface area contributed by atoms with Crippen LogP contribution in [0.15, 0.2) is 27.7 Å². The van der Waals surface area contributed by atoms with Crippen LogP contribution in [0.1, 0.15) is 5.56 Å². The van der Waals surface area contributed by atoms with E-state index in [0.717, 1.165) is 18.7 Å². The lowest BCUT2D eigenvalue weighted by Crippen LogP contribution is -2.44. The lowest BCUT2D eigenvalue weighted by Gasteiger charge is -2.27. The van der Waals surface area contributed by atoms with Crippen LogP contribution < -0.4 is 5.73 Å². The first kappa shape index (κ1) is 13.3. The molecule has 1 aromatic rings. The Bertz CT molecular complexity index is 427. The fourth-order valence-corrected chi connectivity index (χ4v) is 2.28. The van der Waals surface area contributed by atoms with Crippen molar-refractivity contribution in [2.45, 2.75) is 6.54 Å². The van der Waals surface area contributed by atoms with Gasteiger partial charge in [0.25, 0.3) is 0 Å². The summed E-state index contributed by atoms with van der Waals surface area (Å²) in [6.07, 6.45) is 0. The minimum absolute atomic E-state index is 0.278. The fourth-order valence-electron chi connectivity index (χ4n) is 1.77. The summed E-state index contributed by atoms with van der Waals surface area (Å²) in [5, 5.41) is 0. The molecular weight excluding hydrogens is 301 g/mol. The van der Waals surface area contributed by atoms with Gasteiger partial charge in [-0.15, -0.1) is 0 Å². The van der Waals surface area contributed by atoms with Crippen molar-refractivity contribution in [2.24, 2.45) is 10.7 Å². The Morgan fingerprint density at radius 2 is 2.11 bits per heavy atom. The smallest absolute Gasteiger partial charge is 0.191 e. The largest absolute Gasteiger partial charge is 0.378 e. The van der Waals surface area contributed by atoms with Gasteiger partial charge in [-0.25, -0.2) is 9.38 Å². The molecule has 0 aromatic heterocycles. The monoisotopic (exact) mass is 315 g/mol. The molecular formula is C12H15BrFN3O. The van der Waals surface area contributed by atoms with Crippen LogP contribution in [-0.2, 0) is 11.3 Å². The summed E-state index contributed by atoms with van der Waals surface area (Å²) in [6, 6.07) is 4.71. The number of halogens is 2. The predicted octanol–water partition coefficient (Wildman–Crippen LogP) is 1.74. The molecule has 6 heteroatoms. The SMILES string of the molecule is NC(=NCc1cc(F)cc(Br)c1)N1CCOCC1. The first-order valence-electron chi connectivity index (χ1n) is 5.73. The Morgan fingerprint density at radius 3 is 2.78 bits per heavy atom. The predicted molar refractivity (Wildman–Crippen MR) is 71.8 cm³/mol. The molecule has 0 bridgehead atoms. The van der Waals surface area contributed by atoms with Crippen LogP contribution in [-0.4, -0.2) is 37.2 Å². The number of benzene rings is 1. The van der Waals surface area contributed by atoms with Crippen LogP contribution >= 0.6 is 15.9 Å². The van der Waals surface area contributed by atoms with Gasteiger partial charge >= 0.3 is 0 Å². The van der Waals surface area contributed by atoms with Crippen molar-refractivity contribution in [1.29, 1.82) is 0 Å². The Labute approximate surface area is 114 Å². The molecule has 1 fully saturated rings. The van der Waals surface area contributed by atoms with Gasteiger partial charge in [0.05, 0.1) is 19.8 Å². The molecule has 4 nitrogen and oxygen atoms in total. The van der Waals surface area contributed by atoms with E-state index in [2.05, 4.69) is 20.9 Å². The van der Waals surface area contributed by atoms with Crippen LogP contribution in [0.5, 0.6) is 0 Å². The number of nitrogens with zero attached hydrogens (tertiary/aromatic N) is 2. The van der Waals surface area contributed by atoms with Crippen molar-refractivity contribution in [3.63, 3.8) is 0 Å². The summed E-state index contributed by atoms with van der Waals surface area (Å²) in [7, 11) is 0. The molecule has 2 rings (SSSR count). The van der Waals surface area contributed by atoms with Crippen molar-refractivity contribution in [3.05, 3.63) is 34.1 Å². The molecule has 18 heavy (non-hydrogen) atoms. The molecule has 0 aliphatic carbocycles. The van der Waals surface area contributed by atoms with Gasteiger partial charge in [0.2, 0.25) is 0 Å².